The summed E-state index contributed by atoms with van der Waals surface area (Å²) in [6.07, 6.45) is 0.567. The Hall–Kier alpha value is -1.52. The lowest BCUT2D eigenvalue weighted by atomic mass is 10.0. The van der Waals surface area contributed by atoms with Crippen LogP contribution < -0.4 is 10.6 Å². The highest BCUT2D eigenvalue weighted by Crippen LogP contribution is 2.18. The van der Waals surface area contributed by atoms with Crippen LogP contribution in [0, 0.1) is 0 Å². The van der Waals surface area contributed by atoms with E-state index in [1.807, 2.05) is 30.0 Å². The zero-order chi connectivity index (χ0) is 14.5. The maximum absolute atomic E-state index is 12.1. The Balaban J connectivity index is 1.59. The minimum Gasteiger partial charge on any atom is -0.352 e. The normalized spacial score (nSPS) is 18.6. The van der Waals surface area contributed by atoms with Crippen LogP contribution in [0.5, 0.6) is 0 Å². The standard InChI is InChI=1S/C17H20N2OS/c20-17(10-15-12-21-9-8-18-15)19-11-14-6-3-5-13-4-1-2-7-16(13)14/h1-7,15,18H,8-12H2,(H,19,20). The molecule has 4 heteroatoms. The van der Waals surface area contributed by atoms with Crippen molar-refractivity contribution in [1.29, 1.82) is 0 Å². The molecule has 3 rings (SSSR count). The monoisotopic (exact) mass is 300 g/mol. The van der Waals surface area contributed by atoms with Gasteiger partial charge in [0.15, 0.2) is 0 Å². The first-order valence-electron chi connectivity index (χ1n) is 7.37. The van der Waals surface area contributed by atoms with Gasteiger partial charge in [-0.1, -0.05) is 42.5 Å². The number of amides is 1. The fourth-order valence-electron chi connectivity index (χ4n) is 2.69. The largest absolute Gasteiger partial charge is 0.352 e. The minimum absolute atomic E-state index is 0.128. The molecule has 1 heterocycles. The number of hydrogen-bond donors (Lipinski definition) is 2. The second-order valence-corrected chi connectivity index (χ2v) is 6.49. The van der Waals surface area contributed by atoms with Crippen molar-refractivity contribution in [3.05, 3.63) is 48.0 Å². The van der Waals surface area contributed by atoms with Crippen LogP contribution in [0.3, 0.4) is 0 Å². The van der Waals surface area contributed by atoms with Gasteiger partial charge in [0.25, 0.3) is 0 Å². The molecule has 0 aliphatic carbocycles. The van der Waals surface area contributed by atoms with Gasteiger partial charge >= 0.3 is 0 Å². The highest BCUT2D eigenvalue weighted by Gasteiger charge is 2.16. The highest BCUT2D eigenvalue weighted by atomic mass is 32.2. The lowest BCUT2D eigenvalue weighted by Crippen LogP contribution is -2.41. The molecule has 1 atom stereocenters. The molecule has 1 unspecified atom stereocenters. The fraction of sp³-hybridized carbons (Fsp3) is 0.353. The van der Waals surface area contributed by atoms with E-state index in [2.05, 4.69) is 34.9 Å². The second kappa shape index (κ2) is 6.96. The minimum atomic E-state index is 0.128. The molecule has 110 valence electrons. The molecule has 0 aromatic heterocycles. The van der Waals surface area contributed by atoms with Gasteiger partial charge in [-0.3, -0.25) is 4.79 Å². The Labute approximate surface area is 129 Å². The first-order valence-corrected chi connectivity index (χ1v) is 8.53. The number of thioether (sulfide) groups is 1. The molecule has 0 bridgehead atoms. The van der Waals surface area contributed by atoms with E-state index in [0.29, 0.717) is 19.0 Å². The van der Waals surface area contributed by atoms with Crippen molar-refractivity contribution >= 4 is 28.4 Å². The number of nitrogens with one attached hydrogen (secondary N) is 2. The average molecular weight is 300 g/mol. The van der Waals surface area contributed by atoms with E-state index in [1.54, 1.807) is 0 Å². The summed E-state index contributed by atoms with van der Waals surface area (Å²) in [5.41, 5.74) is 1.17. The van der Waals surface area contributed by atoms with E-state index in [9.17, 15) is 4.79 Å². The number of fused-ring (bicyclic) bond motifs is 1. The quantitative estimate of drug-likeness (QED) is 0.912. The van der Waals surface area contributed by atoms with Gasteiger partial charge in [-0.25, -0.2) is 0 Å². The topological polar surface area (TPSA) is 41.1 Å². The smallest absolute Gasteiger partial charge is 0.221 e. The Kier molecular flexibility index (Phi) is 4.78. The number of benzene rings is 2. The molecular weight excluding hydrogens is 280 g/mol. The summed E-state index contributed by atoms with van der Waals surface area (Å²) in [5.74, 6) is 2.30. The predicted molar refractivity (Wildman–Crippen MR) is 89.5 cm³/mol. The Morgan fingerprint density at radius 3 is 2.95 bits per heavy atom. The molecule has 1 fully saturated rings. The third kappa shape index (κ3) is 3.77. The third-order valence-electron chi connectivity index (χ3n) is 3.79. The molecule has 2 aromatic rings. The van der Waals surface area contributed by atoms with E-state index in [-0.39, 0.29) is 5.91 Å². The summed E-state index contributed by atoms with van der Waals surface area (Å²) in [5, 5.41) is 8.88. The highest BCUT2D eigenvalue weighted by molar-refractivity contribution is 7.99. The van der Waals surface area contributed by atoms with Crippen molar-refractivity contribution in [3.63, 3.8) is 0 Å². The van der Waals surface area contributed by atoms with Gasteiger partial charge in [0.1, 0.15) is 0 Å². The molecule has 1 aliphatic heterocycles. The van der Waals surface area contributed by atoms with Gasteiger partial charge in [0.2, 0.25) is 5.91 Å². The summed E-state index contributed by atoms with van der Waals surface area (Å²) in [6, 6.07) is 14.8. The van der Waals surface area contributed by atoms with Crippen LogP contribution in [0.1, 0.15) is 12.0 Å². The molecule has 3 nitrogen and oxygen atoms in total. The lowest BCUT2D eigenvalue weighted by molar-refractivity contribution is -0.121. The molecule has 21 heavy (non-hydrogen) atoms. The first kappa shape index (κ1) is 14.4. The molecule has 2 aromatic carbocycles. The Morgan fingerprint density at radius 1 is 1.24 bits per heavy atom. The van der Waals surface area contributed by atoms with Gasteiger partial charge in [-0.05, 0) is 16.3 Å². The molecule has 0 radical (unpaired) electrons. The van der Waals surface area contributed by atoms with Gasteiger partial charge in [0, 0.05) is 37.1 Å². The van der Waals surface area contributed by atoms with Crippen LogP contribution in [0.25, 0.3) is 10.8 Å². The lowest BCUT2D eigenvalue weighted by Gasteiger charge is -2.22. The molecule has 0 saturated carbocycles. The molecule has 1 amide bonds. The number of carbonyl (C=O) groups excluding carboxylic acids is 1. The van der Waals surface area contributed by atoms with E-state index in [1.165, 1.54) is 16.3 Å². The van der Waals surface area contributed by atoms with Crippen molar-refractivity contribution in [2.75, 3.05) is 18.1 Å². The van der Waals surface area contributed by atoms with Crippen LogP contribution in [0.15, 0.2) is 42.5 Å². The maximum Gasteiger partial charge on any atom is 0.221 e. The van der Waals surface area contributed by atoms with Crippen LogP contribution in [0.2, 0.25) is 0 Å². The van der Waals surface area contributed by atoms with Gasteiger partial charge in [-0.15, -0.1) is 0 Å². The zero-order valence-corrected chi connectivity index (χ0v) is 12.8. The first-order chi connectivity index (χ1) is 10.3. The Bertz CT molecular complexity index is 618. The summed E-state index contributed by atoms with van der Waals surface area (Å²) < 4.78 is 0. The van der Waals surface area contributed by atoms with Crippen molar-refractivity contribution < 1.29 is 4.79 Å². The molecular formula is C17H20N2OS. The second-order valence-electron chi connectivity index (χ2n) is 5.35. The Morgan fingerprint density at radius 2 is 2.10 bits per heavy atom. The van der Waals surface area contributed by atoms with Gasteiger partial charge in [-0.2, -0.15) is 11.8 Å². The van der Waals surface area contributed by atoms with Crippen LogP contribution in [-0.2, 0) is 11.3 Å². The molecule has 1 aliphatic rings. The van der Waals surface area contributed by atoms with Crippen LogP contribution in [-0.4, -0.2) is 30.0 Å². The van der Waals surface area contributed by atoms with E-state index >= 15 is 0 Å². The third-order valence-corrected chi connectivity index (χ3v) is 4.92. The average Bonchev–Trinajstić information content (AvgIpc) is 2.54. The van der Waals surface area contributed by atoms with Crippen molar-refractivity contribution in [2.45, 2.75) is 19.0 Å². The van der Waals surface area contributed by atoms with Crippen LogP contribution >= 0.6 is 11.8 Å². The van der Waals surface area contributed by atoms with E-state index < -0.39 is 0 Å². The molecule has 0 spiro atoms. The van der Waals surface area contributed by atoms with E-state index in [4.69, 9.17) is 0 Å². The number of carbonyl (C=O) groups is 1. The summed E-state index contributed by atoms with van der Waals surface area (Å²) in [6.45, 7) is 1.60. The van der Waals surface area contributed by atoms with Gasteiger partial charge < -0.3 is 10.6 Å². The van der Waals surface area contributed by atoms with Crippen LogP contribution in [0.4, 0.5) is 0 Å². The zero-order valence-electron chi connectivity index (χ0n) is 12.0. The molecule has 2 N–H and O–H groups in total. The SMILES string of the molecule is O=C(CC1CSCCN1)NCc1cccc2ccccc12. The summed E-state index contributed by atoms with van der Waals surface area (Å²) in [7, 11) is 0. The van der Waals surface area contributed by atoms with E-state index in [0.717, 1.165) is 18.1 Å². The van der Waals surface area contributed by atoms with Crippen molar-refractivity contribution in [1.82, 2.24) is 10.6 Å². The summed E-state index contributed by atoms with van der Waals surface area (Å²) in [4.78, 5) is 12.1. The molecule has 1 saturated heterocycles. The summed E-state index contributed by atoms with van der Waals surface area (Å²) >= 11 is 1.92. The predicted octanol–water partition coefficient (Wildman–Crippen LogP) is 2.55. The van der Waals surface area contributed by atoms with Gasteiger partial charge in [0.05, 0.1) is 0 Å². The number of rotatable bonds is 4. The van der Waals surface area contributed by atoms with Crippen molar-refractivity contribution in [2.24, 2.45) is 0 Å². The van der Waals surface area contributed by atoms with Crippen molar-refractivity contribution in [3.8, 4) is 0 Å². The number of hydrogen-bond acceptors (Lipinski definition) is 3. The fourth-order valence-corrected chi connectivity index (χ4v) is 3.64. The maximum atomic E-state index is 12.1.